The Labute approximate surface area is 149 Å². The van der Waals surface area contributed by atoms with Crippen molar-refractivity contribution >= 4 is 18.1 Å². The first kappa shape index (κ1) is 18.5. The first-order valence-electron chi connectivity index (χ1n) is 8.22. The number of rotatable bonds is 7. The molecule has 0 saturated heterocycles. The topological polar surface area (TPSA) is 35.5 Å². The molecule has 3 nitrogen and oxygen atoms in total. The summed E-state index contributed by atoms with van der Waals surface area (Å²) in [4.78, 5) is 10.7. The van der Waals surface area contributed by atoms with Crippen LogP contribution in [0.25, 0.3) is 12.2 Å². The van der Waals surface area contributed by atoms with Crippen molar-refractivity contribution in [2.24, 2.45) is 0 Å². The van der Waals surface area contributed by atoms with E-state index < -0.39 is 0 Å². The molecule has 0 unspecified atom stereocenters. The van der Waals surface area contributed by atoms with E-state index in [1.807, 2.05) is 42.5 Å². The lowest BCUT2D eigenvalue weighted by molar-refractivity contribution is -0.135. The zero-order valence-electron chi connectivity index (χ0n) is 15.0. The second-order valence-electron chi connectivity index (χ2n) is 6.47. The molecule has 0 aliphatic heterocycles. The number of carbonyl (C=O) groups is 1. The lowest BCUT2D eigenvalue weighted by Gasteiger charge is -2.27. The van der Waals surface area contributed by atoms with Gasteiger partial charge in [-0.25, -0.2) is 0 Å². The van der Waals surface area contributed by atoms with E-state index in [0.29, 0.717) is 0 Å². The molecule has 0 N–H and O–H groups in total. The minimum Gasteiger partial charge on any atom is -0.488 e. The molecule has 130 valence electrons. The van der Waals surface area contributed by atoms with Crippen LogP contribution in [0.15, 0.2) is 61.4 Å². The third-order valence-corrected chi connectivity index (χ3v) is 3.61. The fourth-order valence-electron chi connectivity index (χ4n) is 2.47. The van der Waals surface area contributed by atoms with Gasteiger partial charge in [-0.3, -0.25) is 4.79 Å². The number of hydrogen-bond acceptors (Lipinski definition) is 3. The van der Waals surface area contributed by atoms with Gasteiger partial charge in [0, 0.05) is 13.3 Å². The fraction of sp³-hybridized carbons (Fsp3) is 0.227. The maximum absolute atomic E-state index is 10.7. The molecule has 0 bridgehead atoms. The van der Waals surface area contributed by atoms with Crippen LogP contribution in [0, 0.1) is 0 Å². The van der Waals surface area contributed by atoms with Crippen molar-refractivity contribution in [2.75, 3.05) is 0 Å². The normalized spacial score (nSPS) is 11.3. The average molecular weight is 336 g/mol. The van der Waals surface area contributed by atoms with Gasteiger partial charge >= 0.3 is 5.97 Å². The SMILES string of the molecule is C=Cc1ccc(OC(C)(C)Cc2ccc(C=COC(C)=O)cc2)cc1. The molecular weight excluding hydrogens is 312 g/mol. The fourth-order valence-corrected chi connectivity index (χ4v) is 2.47. The van der Waals surface area contributed by atoms with E-state index in [0.717, 1.165) is 23.3 Å². The summed E-state index contributed by atoms with van der Waals surface area (Å²) in [6, 6.07) is 16.0. The zero-order chi connectivity index (χ0) is 18.3. The van der Waals surface area contributed by atoms with E-state index in [1.165, 1.54) is 18.7 Å². The largest absolute Gasteiger partial charge is 0.488 e. The monoisotopic (exact) mass is 336 g/mol. The molecule has 2 aromatic rings. The number of ether oxygens (including phenoxy) is 2. The summed E-state index contributed by atoms with van der Waals surface area (Å²) < 4.78 is 10.9. The Balaban J connectivity index is 1.97. The summed E-state index contributed by atoms with van der Waals surface area (Å²) in [5.74, 6) is 0.518. The van der Waals surface area contributed by atoms with E-state index in [1.54, 1.807) is 6.08 Å². The van der Waals surface area contributed by atoms with Crippen LogP contribution < -0.4 is 4.74 Å². The summed E-state index contributed by atoms with van der Waals surface area (Å²) in [6.07, 6.45) is 5.75. The summed E-state index contributed by atoms with van der Waals surface area (Å²) in [5.41, 5.74) is 2.90. The third-order valence-electron chi connectivity index (χ3n) is 3.61. The van der Waals surface area contributed by atoms with Crippen molar-refractivity contribution in [2.45, 2.75) is 32.8 Å². The molecule has 25 heavy (non-hydrogen) atoms. The van der Waals surface area contributed by atoms with Crippen LogP contribution in [-0.2, 0) is 16.0 Å². The molecule has 0 heterocycles. The first-order chi connectivity index (χ1) is 11.9. The summed E-state index contributed by atoms with van der Waals surface area (Å²) >= 11 is 0. The molecule has 0 fully saturated rings. The lowest BCUT2D eigenvalue weighted by atomic mass is 9.97. The van der Waals surface area contributed by atoms with Crippen molar-refractivity contribution in [3.63, 3.8) is 0 Å². The van der Waals surface area contributed by atoms with Gasteiger partial charge in [-0.1, -0.05) is 49.1 Å². The minimum atomic E-state index is -0.329. The van der Waals surface area contributed by atoms with Gasteiger partial charge in [0.1, 0.15) is 11.4 Å². The van der Waals surface area contributed by atoms with Gasteiger partial charge in [0.05, 0.1) is 6.26 Å². The highest BCUT2D eigenvalue weighted by Gasteiger charge is 2.20. The van der Waals surface area contributed by atoms with Gasteiger partial charge in [0.15, 0.2) is 0 Å². The summed E-state index contributed by atoms with van der Waals surface area (Å²) in [5, 5.41) is 0. The van der Waals surface area contributed by atoms with Gasteiger partial charge in [0.25, 0.3) is 0 Å². The highest BCUT2D eigenvalue weighted by atomic mass is 16.5. The predicted octanol–water partition coefficient (Wildman–Crippen LogP) is 5.26. The molecule has 2 aromatic carbocycles. The Kier molecular flexibility index (Phi) is 6.18. The Morgan fingerprint density at radius 2 is 1.64 bits per heavy atom. The van der Waals surface area contributed by atoms with Crippen molar-refractivity contribution in [3.05, 3.63) is 78.1 Å². The minimum absolute atomic E-state index is 0.326. The second kappa shape index (κ2) is 8.34. The van der Waals surface area contributed by atoms with Crippen LogP contribution in [0.3, 0.4) is 0 Å². The van der Waals surface area contributed by atoms with Crippen LogP contribution in [0.1, 0.15) is 37.5 Å². The van der Waals surface area contributed by atoms with Gasteiger partial charge in [-0.2, -0.15) is 0 Å². The van der Waals surface area contributed by atoms with Crippen molar-refractivity contribution in [1.82, 2.24) is 0 Å². The van der Waals surface area contributed by atoms with Gasteiger partial charge in [-0.05, 0) is 48.7 Å². The average Bonchev–Trinajstić information content (AvgIpc) is 2.56. The van der Waals surface area contributed by atoms with Crippen molar-refractivity contribution in [3.8, 4) is 5.75 Å². The van der Waals surface area contributed by atoms with Gasteiger partial charge in [0.2, 0.25) is 0 Å². The van der Waals surface area contributed by atoms with E-state index in [-0.39, 0.29) is 11.6 Å². The molecule has 0 saturated carbocycles. The quantitative estimate of drug-likeness (QED) is 0.511. The molecule has 0 aliphatic rings. The Morgan fingerprint density at radius 3 is 2.20 bits per heavy atom. The first-order valence-corrected chi connectivity index (χ1v) is 8.22. The van der Waals surface area contributed by atoms with Crippen LogP contribution >= 0.6 is 0 Å². The molecule has 3 heteroatoms. The van der Waals surface area contributed by atoms with E-state index in [2.05, 4.69) is 32.6 Å². The van der Waals surface area contributed by atoms with E-state index in [4.69, 9.17) is 9.47 Å². The summed E-state index contributed by atoms with van der Waals surface area (Å²) in [7, 11) is 0. The van der Waals surface area contributed by atoms with E-state index in [9.17, 15) is 4.79 Å². The third kappa shape index (κ3) is 6.30. The molecule has 0 aromatic heterocycles. The Hall–Kier alpha value is -2.81. The number of benzene rings is 2. The van der Waals surface area contributed by atoms with Gasteiger partial charge < -0.3 is 9.47 Å². The maximum atomic E-state index is 10.7. The molecule has 2 rings (SSSR count). The lowest BCUT2D eigenvalue weighted by Crippen LogP contribution is -2.30. The smallest absolute Gasteiger partial charge is 0.307 e. The molecule has 0 spiro atoms. The molecular formula is C22H24O3. The van der Waals surface area contributed by atoms with Crippen LogP contribution in [0.2, 0.25) is 0 Å². The molecule has 0 radical (unpaired) electrons. The molecule has 0 amide bonds. The van der Waals surface area contributed by atoms with E-state index >= 15 is 0 Å². The number of hydrogen-bond donors (Lipinski definition) is 0. The predicted molar refractivity (Wildman–Crippen MR) is 102 cm³/mol. The van der Waals surface area contributed by atoms with Crippen LogP contribution in [0.4, 0.5) is 0 Å². The number of carbonyl (C=O) groups excluding carboxylic acids is 1. The maximum Gasteiger partial charge on any atom is 0.307 e. The number of esters is 1. The highest BCUT2D eigenvalue weighted by Crippen LogP contribution is 2.23. The zero-order valence-corrected chi connectivity index (χ0v) is 15.0. The Morgan fingerprint density at radius 1 is 1.04 bits per heavy atom. The van der Waals surface area contributed by atoms with Gasteiger partial charge in [-0.15, -0.1) is 0 Å². The van der Waals surface area contributed by atoms with Crippen molar-refractivity contribution < 1.29 is 14.3 Å². The Bertz CT molecular complexity index is 738. The van der Waals surface area contributed by atoms with Crippen LogP contribution in [-0.4, -0.2) is 11.6 Å². The molecule has 0 atom stereocenters. The standard InChI is InChI=1S/C22H24O3/c1-5-18-10-12-21(13-11-18)25-22(3,4)16-20-8-6-19(7-9-20)14-15-24-17(2)23/h5-15H,1,16H2,2-4H3. The van der Waals surface area contributed by atoms with Crippen molar-refractivity contribution in [1.29, 1.82) is 0 Å². The highest BCUT2D eigenvalue weighted by molar-refractivity contribution is 5.67. The summed E-state index contributed by atoms with van der Waals surface area (Å²) in [6.45, 7) is 9.28. The molecule has 0 aliphatic carbocycles. The second-order valence-corrected chi connectivity index (χ2v) is 6.47. The van der Waals surface area contributed by atoms with Crippen LogP contribution in [0.5, 0.6) is 5.75 Å².